The lowest BCUT2D eigenvalue weighted by Crippen LogP contribution is -2.24. The molecule has 0 aliphatic heterocycles. The number of pyridine rings is 1. The molecule has 30 heavy (non-hydrogen) atoms. The van der Waals surface area contributed by atoms with Crippen molar-refractivity contribution in [2.45, 2.75) is 57.7 Å². The van der Waals surface area contributed by atoms with Gasteiger partial charge in [0.1, 0.15) is 5.65 Å². The molecule has 1 aliphatic carbocycles. The Bertz CT molecular complexity index is 986. The van der Waals surface area contributed by atoms with Crippen molar-refractivity contribution in [3.63, 3.8) is 0 Å². The molecule has 1 atom stereocenters. The van der Waals surface area contributed by atoms with Gasteiger partial charge in [-0.25, -0.2) is 9.97 Å². The summed E-state index contributed by atoms with van der Waals surface area (Å²) < 4.78 is 44.4. The lowest BCUT2D eigenvalue weighted by atomic mass is 9.95. The monoisotopic (exact) mass is 419 g/mol. The van der Waals surface area contributed by atoms with Crippen molar-refractivity contribution in [3.8, 4) is 11.1 Å². The molecule has 6 nitrogen and oxygen atoms in total. The molecule has 3 aromatic rings. The van der Waals surface area contributed by atoms with E-state index in [1.165, 1.54) is 18.7 Å². The largest absolute Gasteiger partial charge is 0.349 e. The Morgan fingerprint density at radius 1 is 1.17 bits per heavy atom. The van der Waals surface area contributed by atoms with E-state index in [0.717, 1.165) is 47.8 Å². The predicted molar refractivity (Wildman–Crippen MR) is 108 cm³/mol. The Hall–Kier alpha value is -2.68. The number of fused-ring (bicyclic) bond motifs is 1. The maximum Gasteiger partial charge on any atom is 0.345 e. The van der Waals surface area contributed by atoms with Crippen molar-refractivity contribution in [3.05, 3.63) is 36.7 Å². The Morgan fingerprint density at radius 3 is 2.67 bits per heavy atom. The number of hydrogen-bond acceptors (Lipinski definition) is 5. The minimum atomic E-state index is -2.81. The van der Waals surface area contributed by atoms with Gasteiger partial charge in [0, 0.05) is 47.2 Å². The van der Waals surface area contributed by atoms with Crippen LogP contribution in [0.25, 0.3) is 22.2 Å². The van der Waals surface area contributed by atoms with E-state index < -0.39 is 12.6 Å². The molecule has 0 saturated heterocycles. The highest BCUT2D eigenvalue weighted by Gasteiger charge is 2.21. The number of rotatable bonds is 7. The summed E-state index contributed by atoms with van der Waals surface area (Å²) in [5.74, 6) is -0.177. The molecule has 0 spiro atoms. The number of anilines is 1. The summed E-state index contributed by atoms with van der Waals surface area (Å²) in [6.07, 6.45) is 10.9. The Labute approximate surface area is 172 Å². The van der Waals surface area contributed by atoms with Crippen molar-refractivity contribution >= 4 is 17.0 Å². The van der Waals surface area contributed by atoms with Crippen LogP contribution in [0.1, 0.15) is 45.1 Å². The molecule has 4 rings (SSSR count). The zero-order chi connectivity index (χ0) is 21.1. The summed E-state index contributed by atoms with van der Waals surface area (Å²) in [4.78, 5) is 12.8. The second-order valence-electron chi connectivity index (χ2n) is 7.68. The first-order valence-electron chi connectivity index (χ1n) is 10.2. The number of alkyl halides is 2. The van der Waals surface area contributed by atoms with Crippen LogP contribution in [0.15, 0.2) is 30.7 Å². The minimum absolute atomic E-state index is 0.158. The van der Waals surface area contributed by atoms with Gasteiger partial charge in [0.15, 0.2) is 0 Å². The van der Waals surface area contributed by atoms with Crippen LogP contribution in [0.5, 0.6) is 0 Å². The van der Waals surface area contributed by atoms with Gasteiger partial charge in [-0.2, -0.15) is 18.2 Å². The van der Waals surface area contributed by atoms with E-state index in [-0.39, 0.29) is 12.6 Å². The molecule has 9 heteroatoms. The molecule has 0 unspecified atom stereocenters. The highest BCUT2D eigenvalue weighted by Crippen LogP contribution is 2.36. The number of nitrogens with one attached hydrogen (secondary N) is 1. The molecule has 1 saturated carbocycles. The smallest absolute Gasteiger partial charge is 0.345 e. The maximum atomic E-state index is 13.3. The molecule has 3 aromatic heterocycles. The van der Waals surface area contributed by atoms with Crippen LogP contribution in [-0.2, 0) is 4.74 Å². The van der Waals surface area contributed by atoms with E-state index in [1.54, 1.807) is 19.2 Å². The SMILES string of the molecule is C[C@@H](COC(F)F)Nc1ncc2c(-c3ccc(F)nc3)cn(C3CCCCC3)c2n1. The summed E-state index contributed by atoms with van der Waals surface area (Å²) in [6, 6.07) is 2.97. The summed E-state index contributed by atoms with van der Waals surface area (Å²) in [5, 5.41) is 3.86. The fraction of sp³-hybridized carbons (Fsp3) is 0.476. The minimum Gasteiger partial charge on any atom is -0.349 e. The fourth-order valence-corrected chi connectivity index (χ4v) is 3.98. The van der Waals surface area contributed by atoms with Crippen molar-refractivity contribution in [2.75, 3.05) is 11.9 Å². The van der Waals surface area contributed by atoms with Crippen LogP contribution in [0, 0.1) is 5.95 Å². The molecule has 0 radical (unpaired) electrons. The molecular formula is C21H24F3N5O. The van der Waals surface area contributed by atoms with Crippen molar-refractivity contribution in [1.82, 2.24) is 19.5 Å². The van der Waals surface area contributed by atoms with Gasteiger partial charge in [0.25, 0.3) is 0 Å². The predicted octanol–water partition coefficient (Wildman–Crippen LogP) is 5.18. The van der Waals surface area contributed by atoms with E-state index in [9.17, 15) is 13.2 Å². The van der Waals surface area contributed by atoms with Gasteiger partial charge in [-0.05, 0) is 31.9 Å². The normalized spacial score (nSPS) is 16.3. The van der Waals surface area contributed by atoms with Gasteiger partial charge < -0.3 is 14.6 Å². The quantitative estimate of drug-likeness (QED) is 0.535. The summed E-state index contributed by atoms with van der Waals surface area (Å²) >= 11 is 0. The lowest BCUT2D eigenvalue weighted by molar-refractivity contribution is -0.130. The molecule has 0 amide bonds. The third-order valence-electron chi connectivity index (χ3n) is 5.43. The standard InChI is InChI=1S/C21H24F3N5O/c1-13(12-30-20(23)24)27-21-26-10-16-17(14-7-8-18(22)25-9-14)11-29(19(16)28-21)15-5-3-2-4-6-15/h7-11,13,15,20H,2-6,12H2,1H3,(H,26,27,28)/t13-/m0/s1. The van der Waals surface area contributed by atoms with Crippen LogP contribution in [0.3, 0.4) is 0 Å². The number of aromatic nitrogens is 4. The van der Waals surface area contributed by atoms with Gasteiger partial charge in [0.05, 0.1) is 6.61 Å². The third-order valence-corrected chi connectivity index (χ3v) is 5.43. The van der Waals surface area contributed by atoms with Gasteiger partial charge in [-0.1, -0.05) is 19.3 Å². The molecule has 1 fully saturated rings. The van der Waals surface area contributed by atoms with Crippen LogP contribution in [0.2, 0.25) is 0 Å². The Morgan fingerprint density at radius 2 is 1.97 bits per heavy atom. The van der Waals surface area contributed by atoms with Crippen LogP contribution < -0.4 is 5.32 Å². The second-order valence-corrected chi connectivity index (χ2v) is 7.68. The maximum absolute atomic E-state index is 13.3. The molecule has 1 aliphatic rings. The van der Waals surface area contributed by atoms with Crippen LogP contribution in [-0.4, -0.2) is 38.8 Å². The molecular weight excluding hydrogens is 395 g/mol. The Balaban J connectivity index is 1.70. The van der Waals surface area contributed by atoms with Gasteiger partial charge >= 0.3 is 6.61 Å². The highest BCUT2D eigenvalue weighted by atomic mass is 19.3. The van der Waals surface area contributed by atoms with E-state index in [2.05, 4.69) is 29.6 Å². The molecule has 0 aromatic carbocycles. The van der Waals surface area contributed by atoms with E-state index in [0.29, 0.717) is 12.0 Å². The topological polar surface area (TPSA) is 64.9 Å². The van der Waals surface area contributed by atoms with E-state index in [1.807, 2.05) is 6.20 Å². The lowest BCUT2D eigenvalue weighted by Gasteiger charge is -2.24. The molecule has 0 bridgehead atoms. The first-order valence-corrected chi connectivity index (χ1v) is 10.2. The van der Waals surface area contributed by atoms with Crippen molar-refractivity contribution in [2.24, 2.45) is 0 Å². The van der Waals surface area contributed by atoms with Gasteiger partial charge in [0.2, 0.25) is 11.9 Å². The average Bonchev–Trinajstić information content (AvgIpc) is 3.12. The van der Waals surface area contributed by atoms with E-state index >= 15 is 0 Å². The second kappa shape index (κ2) is 8.99. The van der Waals surface area contributed by atoms with Crippen molar-refractivity contribution < 1.29 is 17.9 Å². The zero-order valence-electron chi connectivity index (χ0n) is 16.7. The Kier molecular flexibility index (Phi) is 6.17. The first-order chi connectivity index (χ1) is 14.5. The average molecular weight is 419 g/mol. The van der Waals surface area contributed by atoms with Crippen LogP contribution >= 0.6 is 0 Å². The van der Waals surface area contributed by atoms with Gasteiger partial charge in [-0.3, -0.25) is 0 Å². The molecule has 160 valence electrons. The van der Waals surface area contributed by atoms with E-state index in [4.69, 9.17) is 0 Å². The number of halogens is 3. The zero-order valence-corrected chi connectivity index (χ0v) is 16.7. The fourth-order valence-electron chi connectivity index (χ4n) is 3.98. The number of hydrogen-bond donors (Lipinski definition) is 1. The molecule has 3 heterocycles. The highest BCUT2D eigenvalue weighted by molar-refractivity contribution is 5.94. The third kappa shape index (κ3) is 4.56. The molecule has 1 N–H and O–H groups in total. The summed E-state index contributed by atoms with van der Waals surface area (Å²) in [5.41, 5.74) is 2.45. The number of ether oxygens (including phenoxy) is 1. The van der Waals surface area contributed by atoms with Crippen molar-refractivity contribution in [1.29, 1.82) is 0 Å². The first kappa shape index (κ1) is 20.6. The number of nitrogens with zero attached hydrogens (tertiary/aromatic N) is 4. The summed E-state index contributed by atoms with van der Waals surface area (Å²) in [6.45, 7) is -1.24. The summed E-state index contributed by atoms with van der Waals surface area (Å²) in [7, 11) is 0. The van der Waals surface area contributed by atoms with Crippen LogP contribution in [0.4, 0.5) is 19.1 Å². The van der Waals surface area contributed by atoms with Gasteiger partial charge in [-0.15, -0.1) is 0 Å².